The van der Waals surface area contributed by atoms with Gasteiger partial charge in [-0.05, 0) is 61.0 Å². The molecule has 0 amide bonds. The summed E-state index contributed by atoms with van der Waals surface area (Å²) < 4.78 is 23.2. The number of carbonyl (C=O) groups is 2. The Labute approximate surface area is 202 Å². The Morgan fingerprint density at radius 2 is 1.94 bits per heavy atom. The van der Waals surface area contributed by atoms with Crippen molar-refractivity contribution in [2.75, 3.05) is 6.79 Å². The number of aryl methyl sites for hydroxylation is 1. The fourth-order valence-electron chi connectivity index (χ4n) is 3.75. The summed E-state index contributed by atoms with van der Waals surface area (Å²) in [6.07, 6.45) is 1.65. The first-order chi connectivity index (χ1) is 15.9. The minimum Gasteiger partial charge on any atom is -0.467 e. The van der Waals surface area contributed by atoms with Crippen LogP contribution in [0.25, 0.3) is 6.08 Å². The average Bonchev–Trinajstić information content (AvgIpc) is 3.09. The zero-order valence-corrected chi connectivity index (χ0v) is 19.7. The lowest BCUT2D eigenvalue weighted by Crippen LogP contribution is -2.12. The fourth-order valence-corrected chi connectivity index (χ4v) is 4.39. The molecule has 0 aromatic heterocycles. The third-order valence-electron chi connectivity index (χ3n) is 5.22. The summed E-state index contributed by atoms with van der Waals surface area (Å²) in [4.78, 5) is 25.5. The quantitative estimate of drug-likeness (QED) is 0.232. The van der Waals surface area contributed by atoms with Crippen molar-refractivity contribution >= 4 is 45.4 Å². The van der Waals surface area contributed by atoms with Crippen molar-refractivity contribution in [1.29, 1.82) is 0 Å². The van der Waals surface area contributed by atoms with Crippen molar-refractivity contribution in [2.24, 2.45) is 0 Å². The number of Topliss-reactive ketones (excluding diaryl/α,β-unsaturated/α-hetero) is 1. The summed E-state index contributed by atoms with van der Waals surface area (Å²) in [5.74, 6) is 0.632. The van der Waals surface area contributed by atoms with E-state index in [-0.39, 0.29) is 24.1 Å². The number of hydrogen-bond acceptors (Lipinski definition) is 6. The molecule has 2 aliphatic rings. The number of allylic oxidation sites excluding steroid dienone is 1. The van der Waals surface area contributed by atoms with Crippen molar-refractivity contribution in [3.05, 3.63) is 91.6 Å². The predicted octanol–water partition coefficient (Wildman–Crippen LogP) is 6.11. The smallest absolute Gasteiger partial charge is 0.343 e. The van der Waals surface area contributed by atoms with E-state index < -0.39 is 5.97 Å². The van der Waals surface area contributed by atoms with E-state index in [1.807, 2.05) is 12.1 Å². The SMILES string of the molecule is Cc1cc(OC(=O)c2ccc(Cl)cc2)cc2c1C(=O)/C(=C/c1cc(Br)cc3c1OCOC3)O2. The monoisotopic (exact) mass is 526 g/mol. The topological polar surface area (TPSA) is 71.1 Å². The zero-order valence-electron chi connectivity index (χ0n) is 17.3. The number of carbonyl (C=O) groups excluding carboxylic acids is 2. The van der Waals surface area contributed by atoms with Crippen LogP contribution >= 0.6 is 27.5 Å². The molecule has 2 aliphatic heterocycles. The maximum Gasteiger partial charge on any atom is 0.343 e. The highest BCUT2D eigenvalue weighted by molar-refractivity contribution is 9.10. The average molecular weight is 528 g/mol. The van der Waals surface area contributed by atoms with E-state index in [0.29, 0.717) is 45.4 Å². The largest absolute Gasteiger partial charge is 0.467 e. The molecule has 0 aliphatic carbocycles. The van der Waals surface area contributed by atoms with Gasteiger partial charge in [-0.1, -0.05) is 27.5 Å². The number of rotatable bonds is 3. The highest BCUT2D eigenvalue weighted by Gasteiger charge is 2.31. The lowest BCUT2D eigenvalue weighted by molar-refractivity contribution is -0.0165. The first-order valence-electron chi connectivity index (χ1n) is 9.98. The van der Waals surface area contributed by atoms with E-state index >= 15 is 0 Å². The van der Waals surface area contributed by atoms with Gasteiger partial charge in [0.15, 0.2) is 12.6 Å². The number of esters is 1. The summed E-state index contributed by atoms with van der Waals surface area (Å²) in [5, 5.41) is 0.524. The van der Waals surface area contributed by atoms with Gasteiger partial charge in [0.05, 0.1) is 17.7 Å². The van der Waals surface area contributed by atoms with Gasteiger partial charge in [0.25, 0.3) is 0 Å². The Morgan fingerprint density at radius 3 is 2.73 bits per heavy atom. The lowest BCUT2D eigenvalue weighted by atomic mass is 10.0. The molecule has 0 bridgehead atoms. The molecule has 0 spiro atoms. The van der Waals surface area contributed by atoms with Gasteiger partial charge in [-0.2, -0.15) is 0 Å². The fraction of sp³-hybridized carbons (Fsp3) is 0.120. The molecule has 2 heterocycles. The molecule has 0 unspecified atom stereocenters. The highest BCUT2D eigenvalue weighted by Crippen LogP contribution is 2.39. The van der Waals surface area contributed by atoms with Crippen LogP contribution in [0.5, 0.6) is 17.2 Å². The van der Waals surface area contributed by atoms with Crippen LogP contribution in [0.3, 0.4) is 0 Å². The molecule has 0 radical (unpaired) electrons. The Bertz CT molecular complexity index is 1330. The van der Waals surface area contributed by atoms with Gasteiger partial charge < -0.3 is 18.9 Å². The van der Waals surface area contributed by atoms with Crippen LogP contribution in [0.4, 0.5) is 0 Å². The molecule has 3 aromatic rings. The van der Waals surface area contributed by atoms with Gasteiger partial charge in [-0.3, -0.25) is 4.79 Å². The predicted molar refractivity (Wildman–Crippen MR) is 125 cm³/mol. The Kier molecular flexibility index (Phi) is 5.70. The van der Waals surface area contributed by atoms with Crippen LogP contribution in [0.1, 0.15) is 37.4 Å². The van der Waals surface area contributed by atoms with Crippen molar-refractivity contribution < 1.29 is 28.5 Å². The second kappa shape index (κ2) is 8.67. The van der Waals surface area contributed by atoms with Crippen LogP contribution in [0.2, 0.25) is 5.02 Å². The maximum atomic E-state index is 13.1. The lowest BCUT2D eigenvalue weighted by Gasteiger charge is -2.20. The molecule has 33 heavy (non-hydrogen) atoms. The standard InChI is InChI=1S/C25H16BrClO6/c1-13-6-19(32-25(29)14-2-4-18(27)5-3-14)10-20-22(13)23(28)21(33-20)9-15-7-17(26)8-16-11-30-12-31-24(15)16/h2-10H,11-12H2,1H3/b21-9-. The molecule has 0 saturated heterocycles. The Morgan fingerprint density at radius 1 is 1.15 bits per heavy atom. The van der Waals surface area contributed by atoms with E-state index in [4.69, 9.17) is 30.5 Å². The van der Waals surface area contributed by atoms with Crippen LogP contribution in [0.15, 0.2) is 58.8 Å². The third-order valence-corrected chi connectivity index (χ3v) is 5.93. The van der Waals surface area contributed by atoms with Crippen molar-refractivity contribution in [3.8, 4) is 17.2 Å². The van der Waals surface area contributed by atoms with E-state index in [0.717, 1.165) is 10.0 Å². The van der Waals surface area contributed by atoms with Crippen molar-refractivity contribution in [2.45, 2.75) is 13.5 Å². The van der Waals surface area contributed by atoms with E-state index in [9.17, 15) is 9.59 Å². The van der Waals surface area contributed by atoms with Gasteiger partial charge in [0, 0.05) is 26.7 Å². The minimum absolute atomic E-state index is 0.140. The molecule has 0 N–H and O–H groups in total. The van der Waals surface area contributed by atoms with Gasteiger partial charge in [0.1, 0.15) is 17.2 Å². The maximum absolute atomic E-state index is 13.1. The van der Waals surface area contributed by atoms with Crippen LogP contribution < -0.4 is 14.2 Å². The molecule has 3 aromatic carbocycles. The van der Waals surface area contributed by atoms with Gasteiger partial charge >= 0.3 is 5.97 Å². The van der Waals surface area contributed by atoms with Crippen LogP contribution in [-0.4, -0.2) is 18.5 Å². The third kappa shape index (κ3) is 4.27. The zero-order chi connectivity index (χ0) is 23.1. The second-order valence-corrected chi connectivity index (χ2v) is 8.90. The van der Waals surface area contributed by atoms with E-state index in [1.54, 1.807) is 43.3 Å². The number of hydrogen-bond donors (Lipinski definition) is 0. The number of benzene rings is 3. The number of ether oxygens (including phenoxy) is 4. The summed E-state index contributed by atoms with van der Waals surface area (Å²) in [6, 6.07) is 13.3. The number of fused-ring (bicyclic) bond motifs is 2. The Balaban J connectivity index is 1.44. The molecular formula is C25H16BrClO6. The summed E-state index contributed by atoms with van der Waals surface area (Å²) in [5.41, 5.74) is 3.00. The number of ketones is 1. The first-order valence-corrected chi connectivity index (χ1v) is 11.2. The highest BCUT2D eigenvalue weighted by atomic mass is 79.9. The van der Waals surface area contributed by atoms with Crippen molar-refractivity contribution in [3.63, 3.8) is 0 Å². The molecule has 0 saturated carbocycles. The molecule has 166 valence electrons. The molecule has 0 atom stereocenters. The Hall–Kier alpha value is -3.13. The summed E-state index contributed by atoms with van der Waals surface area (Å²) in [7, 11) is 0. The van der Waals surface area contributed by atoms with Crippen LogP contribution in [0, 0.1) is 6.92 Å². The van der Waals surface area contributed by atoms with Gasteiger partial charge in [-0.25, -0.2) is 4.79 Å². The van der Waals surface area contributed by atoms with E-state index in [1.165, 1.54) is 6.07 Å². The molecule has 5 rings (SSSR count). The minimum atomic E-state index is -0.536. The van der Waals surface area contributed by atoms with Crippen molar-refractivity contribution in [1.82, 2.24) is 0 Å². The summed E-state index contributed by atoms with van der Waals surface area (Å²) >= 11 is 9.35. The van der Waals surface area contributed by atoms with Crippen LogP contribution in [-0.2, 0) is 11.3 Å². The molecule has 0 fully saturated rings. The van der Waals surface area contributed by atoms with E-state index in [2.05, 4.69) is 15.9 Å². The molecule has 6 nitrogen and oxygen atoms in total. The first kappa shape index (κ1) is 21.7. The summed E-state index contributed by atoms with van der Waals surface area (Å²) in [6.45, 7) is 2.33. The molecular weight excluding hydrogens is 512 g/mol. The van der Waals surface area contributed by atoms with Gasteiger partial charge in [0.2, 0.25) is 5.78 Å². The normalized spacial score (nSPS) is 15.5. The number of halogens is 2. The second-order valence-electron chi connectivity index (χ2n) is 7.54. The van der Waals surface area contributed by atoms with Gasteiger partial charge in [-0.15, -0.1) is 0 Å². The molecule has 8 heteroatoms.